The molecule has 0 bridgehead atoms. The molecule has 1 heterocycles. The summed E-state index contributed by atoms with van der Waals surface area (Å²) in [5, 5.41) is 10.8. The van der Waals surface area contributed by atoms with E-state index in [1.807, 2.05) is 66.7 Å². The average molecular weight is 442 g/mol. The van der Waals surface area contributed by atoms with Crippen molar-refractivity contribution in [3.8, 4) is 0 Å². The van der Waals surface area contributed by atoms with E-state index in [1.165, 1.54) is 12.1 Å². The van der Waals surface area contributed by atoms with Gasteiger partial charge in [0.15, 0.2) is 0 Å². The lowest BCUT2D eigenvalue weighted by molar-refractivity contribution is -0.384. The van der Waals surface area contributed by atoms with Crippen molar-refractivity contribution in [3.05, 3.63) is 118 Å². The highest BCUT2D eigenvalue weighted by atomic mass is 16.6. The Morgan fingerprint density at radius 3 is 2.09 bits per heavy atom. The van der Waals surface area contributed by atoms with Crippen LogP contribution in [0.1, 0.15) is 23.1 Å². The average Bonchev–Trinajstić information content (AvgIpc) is 3.30. The number of carbonyl (C=O) groups excluding carboxylic acids is 1. The molecule has 1 atom stereocenters. The first kappa shape index (κ1) is 22.4. The third-order valence-corrected chi connectivity index (χ3v) is 6.51. The summed E-state index contributed by atoms with van der Waals surface area (Å²) in [6, 6.07) is 26.2. The number of benzene rings is 3. The molecular weight excluding hydrogens is 414 g/mol. The zero-order chi connectivity index (χ0) is 23.3. The minimum atomic E-state index is -0.890. The monoisotopic (exact) mass is 441 g/mol. The molecule has 2 N–H and O–H groups in total. The fourth-order valence-electron chi connectivity index (χ4n) is 4.92. The number of non-ortho nitro benzene ring substituents is 1. The summed E-state index contributed by atoms with van der Waals surface area (Å²) in [7, 11) is 0. The molecule has 1 unspecified atom stereocenters. The van der Waals surface area contributed by atoms with Crippen LogP contribution < -0.4 is 5.73 Å². The normalized spacial score (nSPS) is 16.8. The van der Waals surface area contributed by atoms with Crippen molar-refractivity contribution in [1.29, 1.82) is 0 Å². The molecule has 0 spiro atoms. The summed E-state index contributed by atoms with van der Waals surface area (Å²) < 4.78 is 0. The second kappa shape index (κ2) is 9.79. The third kappa shape index (κ3) is 4.56. The van der Waals surface area contributed by atoms with Gasteiger partial charge in [0.25, 0.3) is 5.69 Å². The molecule has 3 aromatic rings. The Hall–Kier alpha value is -3.77. The summed E-state index contributed by atoms with van der Waals surface area (Å²) >= 11 is 0. The van der Waals surface area contributed by atoms with Crippen molar-refractivity contribution in [2.45, 2.75) is 11.8 Å². The lowest BCUT2D eigenvalue weighted by Crippen LogP contribution is -2.49. The molecule has 6 heteroatoms. The van der Waals surface area contributed by atoms with E-state index in [0.717, 1.165) is 42.7 Å². The molecule has 4 rings (SSSR count). The molecule has 0 radical (unpaired) electrons. The van der Waals surface area contributed by atoms with Gasteiger partial charge in [-0.25, -0.2) is 0 Å². The van der Waals surface area contributed by atoms with Gasteiger partial charge in [0.2, 0.25) is 5.91 Å². The number of amides is 1. The van der Waals surface area contributed by atoms with Gasteiger partial charge in [-0.1, -0.05) is 72.8 Å². The summed E-state index contributed by atoms with van der Waals surface area (Å²) in [5.41, 5.74) is 8.11. The molecule has 0 aromatic heterocycles. The van der Waals surface area contributed by atoms with Crippen LogP contribution in [0, 0.1) is 16.0 Å². The van der Waals surface area contributed by atoms with Crippen molar-refractivity contribution in [2.24, 2.45) is 11.7 Å². The highest BCUT2D eigenvalue weighted by Gasteiger charge is 2.49. The maximum Gasteiger partial charge on any atom is 0.269 e. The van der Waals surface area contributed by atoms with Gasteiger partial charge in [-0.3, -0.25) is 19.8 Å². The molecular formula is C27H27N3O3. The molecule has 3 aromatic carbocycles. The van der Waals surface area contributed by atoms with Crippen molar-refractivity contribution >= 4 is 17.7 Å². The van der Waals surface area contributed by atoms with Gasteiger partial charge >= 0.3 is 0 Å². The van der Waals surface area contributed by atoms with Crippen LogP contribution in [0.15, 0.2) is 91.0 Å². The summed E-state index contributed by atoms with van der Waals surface area (Å²) in [5.74, 6) is -0.277. The number of carbonyl (C=O) groups is 1. The zero-order valence-corrected chi connectivity index (χ0v) is 18.3. The number of nitrogens with zero attached hydrogens (tertiary/aromatic N) is 2. The maximum atomic E-state index is 13.1. The molecule has 1 aliphatic heterocycles. The molecule has 1 saturated heterocycles. The Labute approximate surface area is 193 Å². The standard InChI is InChI=1S/C27H27N3O3/c28-26(31)27(22-9-3-1-4-10-22,23-11-5-2-6-12-23)24-17-19-29(20-24)18-7-8-21-13-15-25(16-14-21)30(32)33/h1-16,24H,17-20H2,(H2,28,31). The van der Waals surface area contributed by atoms with E-state index in [1.54, 1.807) is 12.1 Å². The highest BCUT2D eigenvalue weighted by Crippen LogP contribution is 2.43. The Morgan fingerprint density at radius 2 is 1.58 bits per heavy atom. The van der Waals surface area contributed by atoms with Gasteiger partial charge in [0.05, 0.1) is 4.92 Å². The lowest BCUT2D eigenvalue weighted by atomic mass is 9.64. The number of primary amides is 1. The Kier molecular flexibility index (Phi) is 6.66. The second-order valence-corrected chi connectivity index (χ2v) is 8.40. The largest absolute Gasteiger partial charge is 0.369 e. The Morgan fingerprint density at radius 1 is 1.00 bits per heavy atom. The first-order chi connectivity index (χ1) is 16.0. The van der Waals surface area contributed by atoms with Crippen molar-refractivity contribution in [3.63, 3.8) is 0 Å². The minimum absolute atomic E-state index is 0.0487. The maximum absolute atomic E-state index is 13.1. The summed E-state index contributed by atoms with van der Waals surface area (Å²) in [4.78, 5) is 25.9. The first-order valence-corrected chi connectivity index (χ1v) is 11.1. The van der Waals surface area contributed by atoms with Crippen LogP contribution in [0.4, 0.5) is 5.69 Å². The number of hydrogen-bond donors (Lipinski definition) is 1. The van der Waals surface area contributed by atoms with Crippen LogP contribution in [0.25, 0.3) is 6.08 Å². The fraction of sp³-hybridized carbons (Fsp3) is 0.222. The first-order valence-electron chi connectivity index (χ1n) is 11.1. The van der Waals surface area contributed by atoms with E-state index in [2.05, 4.69) is 11.0 Å². The van der Waals surface area contributed by atoms with Gasteiger partial charge in [0.1, 0.15) is 5.41 Å². The number of hydrogen-bond acceptors (Lipinski definition) is 4. The van der Waals surface area contributed by atoms with Crippen molar-refractivity contribution in [2.75, 3.05) is 19.6 Å². The molecule has 0 aliphatic carbocycles. The Bertz CT molecular complexity index is 1090. The van der Waals surface area contributed by atoms with Crippen LogP contribution >= 0.6 is 0 Å². The number of rotatable bonds is 8. The predicted molar refractivity (Wildman–Crippen MR) is 130 cm³/mol. The summed E-state index contributed by atoms with van der Waals surface area (Å²) in [6.45, 7) is 2.34. The van der Waals surface area contributed by atoms with E-state index in [-0.39, 0.29) is 17.5 Å². The van der Waals surface area contributed by atoms with Crippen LogP contribution in [-0.2, 0) is 10.2 Å². The molecule has 6 nitrogen and oxygen atoms in total. The SMILES string of the molecule is NC(=O)C(c1ccccc1)(c1ccccc1)C1CCN(CC=Cc2ccc([N+](=O)[O-])cc2)C1. The number of nitrogens with two attached hydrogens (primary N) is 1. The van der Waals surface area contributed by atoms with E-state index < -0.39 is 10.3 Å². The van der Waals surface area contributed by atoms with Crippen LogP contribution in [0.5, 0.6) is 0 Å². The third-order valence-electron chi connectivity index (χ3n) is 6.51. The van der Waals surface area contributed by atoms with E-state index >= 15 is 0 Å². The molecule has 1 amide bonds. The number of nitro benzene ring substituents is 1. The molecule has 1 aliphatic rings. The van der Waals surface area contributed by atoms with Crippen LogP contribution in [0.2, 0.25) is 0 Å². The predicted octanol–water partition coefficient (Wildman–Crippen LogP) is 4.40. The summed E-state index contributed by atoms with van der Waals surface area (Å²) in [6.07, 6.45) is 4.88. The van der Waals surface area contributed by atoms with Gasteiger partial charge < -0.3 is 5.73 Å². The van der Waals surface area contributed by atoms with E-state index in [9.17, 15) is 14.9 Å². The van der Waals surface area contributed by atoms with Gasteiger partial charge in [-0.05, 0) is 47.7 Å². The number of nitro groups is 1. The quantitative estimate of drug-likeness (QED) is 0.414. The smallest absolute Gasteiger partial charge is 0.269 e. The Balaban J connectivity index is 1.54. The lowest BCUT2D eigenvalue weighted by Gasteiger charge is -2.37. The molecule has 0 saturated carbocycles. The van der Waals surface area contributed by atoms with Gasteiger partial charge in [-0.15, -0.1) is 0 Å². The number of likely N-dealkylation sites (tertiary alicyclic amines) is 1. The van der Waals surface area contributed by atoms with Crippen molar-refractivity contribution in [1.82, 2.24) is 4.90 Å². The van der Waals surface area contributed by atoms with E-state index in [0.29, 0.717) is 0 Å². The second-order valence-electron chi connectivity index (χ2n) is 8.40. The molecule has 168 valence electrons. The zero-order valence-electron chi connectivity index (χ0n) is 18.3. The highest BCUT2D eigenvalue weighted by molar-refractivity contribution is 5.91. The van der Waals surface area contributed by atoms with Crippen LogP contribution in [0.3, 0.4) is 0 Å². The topological polar surface area (TPSA) is 89.5 Å². The molecule has 33 heavy (non-hydrogen) atoms. The fourth-order valence-corrected chi connectivity index (χ4v) is 4.92. The van der Waals surface area contributed by atoms with Gasteiger partial charge in [0, 0.05) is 25.2 Å². The molecule has 1 fully saturated rings. The van der Waals surface area contributed by atoms with Crippen molar-refractivity contribution < 1.29 is 9.72 Å². The van der Waals surface area contributed by atoms with E-state index in [4.69, 9.17) is 5.73 Å². The van der Waals surface area contributed by atoms with Crippen LogP contribution in [-0.4, -0.2) is 35.4 Å². The minimum Gasteiger partial charge on any atom is -0.369 e. The van der Waals surface area contributed by atoms with Gasteiger partial charge in [-0.2, -0.15) is 0 Å².